The highest BCUT2D eigenvalue weighted by Crippen LogP contribution is 2.11. The van der Waals surface area contributed by atoms with E-state index in [0.717, 1.165) is 6.20 Å². The third-order valence-electron chi connectivity index (χ3n) is 1.90. The molecule has 1 atom stereocenters. The van der Waals surface area contributed by atoms with Crippen molar-refractivity contribution in [3.63, 3.8) is 0 Å². The summed E-state index contributed by atoms with van der Waals surface area (Å²) in [6, 6.07) is 0. The molecule has 0 bridgehead atoms. The summed E-state index contributed by atoms with van der Waals surface area (Å²) in [4.78, 5) is 7.22. The van der Waals surface area contributed by atoms with Crippen LogP contribution in [-0.4, -0.2) is 43.4 Å². The number of hydrogen-bond donors (Lipinski definition) is 1. The highest BCUT2D eigenvalue weighted by molar-refractivity contribution is 6.28. The van der Waals surface area contributed by atoms with E-state index in [-0.39, 0.29) is 17.2 Å². The van der Waals surface area contributed by atoms with E-state index < -0.39 is 5.82 Å². The molecule has 5 nitrogen and oxygen atoms in total. The third-order valence-corrected chi connectivity index (χ3v) is 2.08. The molecule has 0 aliphatic carbocycles. The van der Waals surface area contributed by atoms with Gasteiger partial charge in [-0.15, -0.1) is 0 Å². The fraction of sp³-hybridized carbons (Fsp3) is 0.556. The summed E-state index contributed by atoms with van der Waals surface area (Å²) >= 11 is 5.54. The van der Waals surface area contributed by atoms with Crippen LogP contribution >= 0.6 is 11.6 Å². The Labute approximate surface area is 97.9 Å². The number of methoxy groups -OCH3 is 2. The molecule has 1 N–H and O–H groups in total. The number of nitrogens with zero attached hydrogens (tertiary/aromatic N) is 2. The largest absolute Gasteiger partial charge is 0.382 e. The quantitative estimate of drug-likeness (QED) is 0.771. The van der Waals surface area contributed by atoms with Gasteiger partial charge in [-0.05, 0) is 11.6 Å². The first-order chi connectivity index (χ1) is 7.67. The SMILES string of the molecule is COCC(CNc1nc(Cl)ncc1F)OC. The molecule has 1 aromatic heterocycles. The first kappa shape index (κ1) is 13.1. The number of nitrogens with one attached hydrogen (secondary N) is 1. The average molecular weight is 250 g/mol. The first-order valence-corrected chi connectivity index (χ1v) is 4.98. The van der Waals surface area contributed by atoms with Gasteiger partial charge in [0.15, 0.2) is 11.6 Å². The Balaban J connectivity index is 2.55. The van der Waals surface area contributed by atoms with E-state index in [1.165, 1.54) is 0 Å². The second kappa shape index (κ2) is 6.57. The van der Waals surface area contributed by atoms with Gasteiger partial charge in [0, 0.05) is 20.8 Å². The second-order valence-electron chi connectivity index (χ2n) is 3.03. The van der Waals surface area contributed by atoms with Gasteiger partial charge in [-0.25, -0.2) is 9.37 Å². The number of anilines is 1. The molecule has 0 saturated carbocycles. The minimum atomic E-state index is -0.559. The van der Waals surface area contributed by atoms with Gasteiger partial charge in [-0.1, -0.05) is 0 Å². The van der Waals surface area contributed by atoms with Gasteiger partial charge in [-0.3, -0.25) is 0 Å². The molecular weight excluding hydrogens is 237 g/mol. The van der Waals surface area contributed by atoms with Crippen LogP contribution < -0.4 is 5.32 Å². The molecule has 0 fully saturated rings. The maximum absolute atomic E-state index is 13.2. The molecule has 0 saturated heterocycles. The van der Waals surface area contributed by atoms with Crippen LogP contribution in [0.3, 0.4) is 0 Å². The van der Waals surface area contributed by atoms with Crippen LogP contribution in [0.1, 0.15) is 0 Å². The van der Waals surface area contributed by atoms with Gasteiger partial charge >= 0.3 is 0 Å². The van der Waals surface area contributed by atoms with Crippen LogP contribution in [0.15, 0.2) is 6.20 Å². The minimum absolute atomic E-state index is 0.00962. The maximum atomic E-state index is 13.2. The summed E-state index contributed by atoms with van der Waals surface area (Å²) in [5, 5.41) is 2.76. The summed E-state index contributed by atoms with van der Waals surface area (Å²) in [6.07, 6.45) is 0.827. The normalized spacial score (nSPS) is 12.5. The summed E-state index contributed by atoms with van der Waals surface area (Å²) in [6.45, 7) is 0.776. The summed E-state index contributed by atoms with van der Waals surface area (Å²) in [5.74, 6) is -0.505. The van der Waals surface area contributed by atoms with Crippen molar-refractivity contribution in [1.82, 2.24) is 9.97 Å². The highest BCUT2D eigenvalue weighted by atomic mass is 35.5. The number of ether oxygens (including phenoxy) is 2. The van der Waals surface area contributed by atoms with Gasteiger partial charge in [0.05, 0.1) is 18.9 Å². The van der Waals surface area contributed by atoms with Crippen LogP contribution in [0.25, 0.3) is 0 Å². The van der Waals surface area contributed by atoms with E-state index in [1.54, 1.807) is 14.2 Å². The van der Waals surface area contributed by atoms with Crippen molar-refractivity contribution in [3.05, 3.63) is 17.3 Å². The lowest BCUT2D eigenvalue weighted by atomic mass is 10.3. The molecule has 0 radical (unpaired) electrons. The maximum Gasteiger partial charge on any atom is 0.224 e. The molecule has 90 valence electrons. The van der Waals surface area contributed by atoms with E-state index in [9.17, 15) is 4.39 Å². The molecule has 0 spiro atoms. The first-order valence-electron chi connectivity index (χ1n) is 4.61. The molecule has 0 aliphatic rings. The third kappa shape index (κ3) is 3.88. The second-order valence-corrected chi connectivity index (χ2v) is 3.37. The van der Waals surface area contributed by atoms with Gasteiger partial charge in [0.2, 0.25) is 5.28 Å². The van der Waals surface area contributed by atoms with Crippen molar-refractivity contribution in [2.75, 3.05) is 32.7 Å². The van der Waals surface area contributed by atoms with E-state index in [0.29, 0.717) is 13.2 Å². The zero-order valence-corrected chi connectivity index (χ0v) is 9.79. The van der Waals surface area contributed by atoms with Crippen LogP contribution in [-0.2, 0) is 9.47 Å². The van der Waals surface area contributed by atoms with E-state index in [4.69, 9.17) is 21.1 Å². The minimum Gasteiger partial charge on any atom is -0.382 e. The zero-order chi connectivity index (χ0) is 12.0. The topological polar surface area (TPSA) is 56.3 Å². The molecule has 7 heteroatoms. The molecule has 0 aliphatic heterocycles. The fourth-order valence-corrected chi connectivity index (χ4v) is 1.21. The van der Waals surface area contributed by atoms with Crippen LogP contribution in [0.4, 0.5) is 10.2 Å². The number of rotatable bonds is 6. The smallest absolute Gasteiger partial charge is 0.224 e. The van der Waals surface area contributed by atoms with Crippen molar-refractivity contribution >= 4 is 17.4 Å². The highest BCUT2D eigenvalue weighted by Gasteiger charge is 2.10. The Kier molecular flexibility index (Phi) is 5.37. The summed E-state index contributed by atoms with van der Waals surface area (Å²) < 4.78 is 23.2. The molecule has 1 rings (SSSR count). The van der Waals surface area contributed by atoms with Crippen LogP contribution in [0.2, 0.25) is 5.28 Å². The van der Waals surface area contributed by atoms with Crippen molar-refractivity contribution in [2.24, 2.45) is 0 Å². The zero-order valence-electron chi connectivity index (χ0n) is 9.04. The fourth-order valence-electron chi connectivity index (χ4n) is 1.08. The van der Waals surface area contributed by atoms with E-state index in [2.05, 4.69) is 15.3 Å². The van der Waals surface area contributed by atoms with Crippen molar-refractivity contribution < 1.29 is 13.9 Å². The number of aromatic nitrogens is 2. The van der Waals surface area contributed by atoms with Gasteiger partial charge in [0.1, 0.15) is 0 Å². The molecule has 0 aromatic carbocycles. The molecule has 1 aromatic rings. The Morgan fingerprint density at radius 3 is 2.94 bits per heavy atom. The molecule has 16 heavy (non-hydrogen) atoms. The standard InChI is InChI=1S/C9H13ClFN3O2/c1-15-5-6(16-2)3-12-8-7(11)4-13-9(10)14-8/h4,6H,3,5H2,1-2H3,(H,12,13,14). The predicted molar refractivity (Wildman–Crippen MR) is 58.2 cm³/mol. The van der Waals surface area contributed by atoms with Crippen molar-refractivity contribution in [1.29, 1.82) is 0 Å². The molecular formula is C9H13ClFN3O2. The Morgan fingerprint density at radius 2 is 2.31 bits per heavy atom. The lowest BCUT2D eigenvalue weighted by Crippen LogP contribution is -2.27. The van der Waals surface area contributed by atoms with Gasteiger partial charge in [0.25, 0.3) is 0 Å². The summed E-state index contributed by atoms with van der Waals surface area (Å²) in [5.41, 5.74) is 0. The van der Waals surface area contributed by atoms with Gasteiger partial charge in [-0.2, -0.15) is 4.98 Å². The van der Waals surface area contributed by atoms with Crippen molar-refractivity contribution in [3.8, 4) is 0 Å². The van der Waals surface area contributed by atoms with Crippen LogP contribution in [0.5, 0.6) is 0 Å². The molecule has 1 unspecified atom stereocenters. The lowest BCUT2D eigenvalue weighted by Gasteiger charge is -2.15. The van der Waals surface area contributed by atoms with Gasteiger partial charge < -0.3 is 14.8 Å². The summed E-state index contributed by atoms with van der Waals surface area (Å²) in [7, 11) is 3.11. The van der Waals surface area contributed by atoms with E-state index >= 15 is 0 Å². The average Bonchev–Trinajstić information content (AvgIpc) is 2.28. The Hall–Kier alpha value is -0.980. The predicted octanol–water partition coefficient (Wildman–Crippen LogP) is 1.34. The Morgan fingerprint density at radius 1 is 1.56 bits per heavy atom. The number of hydrogen-bond acceptors (Lipinski definition) is 5. The monoisotopic (exact) mass is 249 g/mol. The molecule has 1 heterocycles. The van der Waals surface area contributed by atoms with Crippen molar-refractivity contribution in [2.45, 2.75) is 6.10 Å². The lowest BCUT2D eigenvalue weighted by molar-refractivity contribution is 0.0365. The Bertz CT molecular complexity index is 341. The van der Waals surface area contributed by atoms with Crippen LogP contribution in [0, 0.1) is 5.82 Å². The van der Waals surface area contributed by atoms with E-state index in [1.807, 2.05) is 0 Å². The number of halogens is 2. The molecule has 0 amide bonds.